The van der Waals surface area contributed by atoms with Crippen LogP contribution in [0.1, 0.15) is 66.3 Å². The third kappa shape index (κ3) is 5.02. The number of nitrogens with two attached hydrogens (primary N) is 1. The van der Waals surface area contributed by atoms with E-state index in [2.05, 4.69) is 6.92 Å². The highest BCUT2D eigenvalue weighted by Crippen LogP contribution is 2.43. The van der Waals surface area contributed by atoms with Gasteiger partial charge in [-0.2, -0.15) is 5.10 Å². The minimum absolute atomic E-state index is 0.0923. The molecule has 0 unspecified atom stereocenters. The van der Waals surface area contributed by atoms with Gasteiger partial charge in [0.25, 0.3) is 0 Å². The van der Waals surface area contributed by atoms with Gasteiger partial charge in [-0.1, -0.05) is 49.4 Å². The Labute approximate surface area is 194 Å². The Hall–Kier alpha value is -2.97. The molecule has 0 atom stereocenters. The maximum atomic E-state index is 12.9. The van der Waals surface area contributed by atoms with Crippen LogP contribution in [-0.2, 0) is 27.7 Å². The number of hydrogen-bond donors (Lipinski definition) is 1. The zero-order valence-electron chi connectivity index (χ0n) is 19.0. The Morgan fingerprint density at radius 3 is 2.42 bits per heavy atom. The minimum atomic E-state index is -3.83. The Kier molecular flexibility index (Phi) is 6.67. The van der Waals surface area contributed by atoms with Gasteiger partial charge in [0, 0.05) is 24.4 Å². The van der Waals surface area contributed by atoms with E-state index in [1.807, 2.05) is 35.9 Å². The predicted molar refractivity (Wildman–Crippen MR) is 127 cm³/mol. The monoisotopic (exact) mass is 467 g/mol. The number of nitrogens with zero attached hydrogens (tertiary/aromatic N) is 2. The van der Waals surface area contributed by atoms with Gasteiger partial charge >= 0.3 is 5.97 Å². The first-order valence-corrected chi connectivity index (χ1v) is 12.9. The minimum Gasteiger partial charge on any atom is -0.462 e. The summed E-state index contributed by atoms with van der Waals surface area (Å²) in [4.78, 5) is 12.9. The molecular weight excluding hydrogens is 438 g/mol. The van der Waals surface area contributed by atoms with Gasteiger partial charge in [0.1, 0.15) is 5.56 Å². The maximum absolute atomic E-state index is 12.9. The summed E-state index contributed by atoms with van der Waals surface area (Å²) in [6, 6.07) is 14.3. The number of aryl methyl sites for hydroxylation is 1. The van der Waals surface area contributed by atoms with E-state index in [1.165, 1.54) is 6.07 Å². The van der Waals surface area contributed by atoms with E-state index < -0.39 is 10.0 Å². The van der Waals surface area contributed by atoms with E-state index in [9.17, 15) is 13.2 Å². The molecule has 1 aromatic heterocycles. The van der Waals surface area contributed by atoms with Gasteiger partial charge in [-0.05, 0) is 43.4 Å². The molecule has 0 aliphatic heterocycles. The van der Waals surface area contributed by atoms with Crippen molar-refractivity contribution in [3.8, 4) is 11.1 Å². The molecule has 174 valence electrons. The second-order valence-electron chi connectivity index (χ2n) is 8.34. The number of carbonyl (C=O) groups is 1. The fraction of sp³-hybridized carbons (Fsp3) is 0.360. The van der Waals surface area contributed by atoms with Gasteiger partial charge in [0.15, 0.2) is 0 Å². The SMILES string of the molecule is CCCn1nc(Cc2ccc(-c3ccccc3S(N)(=O)=O)cc2)c(C(=O)OCC)c1C1CC1. The normalized spacial score (nSPS) is 13.8. The molecule has 0 spiro atoms. The van der Waals surface area contributed by atoms with Gasteiger partial charge in [-0.3, -0.25) is 4.68 Å². The molecule has 33 heavy (non-hydrogen) atoms. The molecular formula is C25H29N3O4S. The lowest BCUT2D eigenvalue weighted by Gasteiger charge is -2.09. The van der Waals surface area contributed by atoms with Gasteiger partial charge in [0.2, 0.25) is 10.0 Å². The van der Waals surface area contributed by atoms with E-state index in [0.717, 1.165) is 48.3 Å². The Morgan fingerprint density at radius 1 is 1.12 bits per heavy atom. The van der Waals surface area contributed by atoms with Crippen molar-refractivity contribution in [3.63, 3.8) is 0 Å². The lowest BCUT2D eigenvalue weighted by atomic mass is 10.00. The summed E-state index contributed by atoms with van der Waals surface area (Å²) in [6.07, 6.45) is 3.56. The first-order valence-electron chi connectivity index (χ1n) is 11.3. The number of sulfonamides is 1. The standard InChI is InChI=1S/C25H29N3O4S/c1-3-15-28-24(19-13-14-19)23(25(29)32-4-2)21(27-28)16-17-9-11-18(12-10-17)20-7-5-6-8-22(20)33(26,30)31/h5-12,19H,3-4,13-16H2,1-2H3,(H2,26,30,31). The maximum Gasteiger partial charge on any atom is 0.341 e. The van der Waals surface area contributed by atoms with Crippen LogP contribution in [0.25, 0.3) is 11.1 Å². The summed E-state index contributed by atoms with van der Waals surface area (Å²) in [5.74, 6) is 0.0600. The quantitative estimate of drug-likeness (QED) is 0.474. The fourth-order valence-corrected chi connectivity index (χ4v) is 4.94. The highest BCUT2D eigenvalue weighted by atomic mass is 32.2. The molecule has 0 amide bonds. The summed E-state index contributed by atoms with van der Waals surface area (Å²) in [6.45, 7) is 4.99. The van der Waals surface area contributed by atoms with E-state index in [1.54, 1.807) is 18.2 Å². The van der Waals surface area contributed by atoms with Crippen molar-refractivity contribution < 1.29 is 17.9 Å². The average Bonchev–Trinajstić information content (AvgIpc) is 3.56. The molecule has 1 aliphatic carbocycles. The molecule has 1 saturated carbocycles. The van der Waals surface area contributed by atoms with Crippen LogP contribution in [0.4, 0.5) is 0 Å². The van der Waals surface area contributed by atoms with Crippen LogP contribution in [0.3, 0.4) is 0 Å². The van der Waals surface area contributed by atoms with Crippen LogP contribution < -0.4 is 5.14 Å². The molecule has 2 aromatic carbocycles. The smallest absolute Gasteiger partial charge is 0.341 e. The van der Waals surface area contributed by atoms with Crippen LogP contribution in [0.5, 0.6) is 0 Å². The van der Waals surface area contributed by atoms with Crippen molar-refractivity contribution in [3.05, 3.63) is 71.0 Å². The number of esters is 1. The topological polar surface area (TPSA) is 104 Å². The molecule has 0 bridgehead atoms. The Morgan fingerprint density at radius 2 is 1.82 bits per heavy atom. The van der Waals surface area contributed by atoms with E-state index in [0.29, 0.717) is 30.1 Å². The molecule has 2 N–H and O–H groups in total. The van der Waals surface area contributed by atoms with Crippen molar-refractivity contribution in [1.82, 2.24) is 9.78 Å². The lowest BCUT2D eigenvalue weighted by Crippen LogP contribution is -2.13. The molecule has 4 rings (SSSR count). The van der Waals surface area contributed by atoms with E-state index >= 15 is 0 Å². The largest absolute Gasteiger partial charge is 0.462 e. The van der Waals surface area contributed by atoms with Gasteiger partial charge < -0.3 is 4.74 Å². The fourth-order valence-electron chi connectivity index (χ4n) is 4.18. The Bertz CT molecular complexity index is 1260. The molecule has 3 aromatic rings. The lowest BCUT2D eigenvalue weighted by molar-refractivity contribution is 0.0523. The van der Waals surface area contributed by atoms with Crippen molar-refractivity contribution >= 4 is 16.0 Å². The summed E-state index contributed by atoms with van der Waals surface area (Å²) >= 11 is 0. The van der Waals surface area contributed by atoms with E-state index in [4.69, 9.17) is 15.0 Å². The summed E-state index contributed by atoms with van der Waals surface area (Å²) in [5.41, 5.74) is 4.62. The second kappa shape index (κ2) is 9.49. The van der Waals surface area contributed by atoms with Gasteiger partial charge in [0.05, 0.1) is 22.9 Å². The molecule has 1 aliphatic rings. The molecule has 0 radical (unpaired) electrons. The van der Waals surface area contributed by atoms with Gasteiger partial charge in [-0.15, -0.1) is 0 Å². The van der Waals surface area contributed by atoms with Crippen LogP contribution in [0.15, 0.2) is 53.4 Å². The van der Waals surface area contributed by atoms with Crippen LogP contribution in [0.2, 0.25) is 0 Å². The third-order valence-corrected chi connectivity index (χ3v) is 6.74. The van der Waals surface area contributed by atoms with Crippen LogP contribution >= 0.6 is 0 Å². The summed E-state index contributed by atoms with van der Waals surface area (Å²) < 4.78 is 31.3. The highest BCUT2D eigenvalue weighted by Gasteiger charge is 2.35. The number of ether oxygens (including phenoxy) is 1. The number of hydrogen-bond acceptors (Lipinski definition) is 5. The van der Waals surface area contributed by atoms with Crippen LogP contribution in [0, 0.1) is 0 Å². The van der Waals surface area contributed by atoms with Crippen molar-refractivity contribution in [1.29, 1.82) is 0 Å². The number of benzene rings is 2. The van der Waals surface area contributed by atoms with Crippen molar-refractivity contribution in [2.75, 3.05) is 6.61 Å². The van der Waals surface area contributed by atoms with Gasteiger partial charge in [-0.25, -0.2) is 18.4 Å². The zero-order valence-corrected chi connectivity index (χ0v) is 19.8. The number of aromatic nitrogens is 2. The Balaban J connectivity index is 1.68. The molecule has 7 nitrogen and oxygen atoms in total. The number of primary sulfonamides is 1. The number of rotatable bonds is 9. The average molecular weight is 468 g/mol. The van der Waals surface area contributed by atoms with Crippen LogP contribution in [-0.4, -0.2) is 30.8 Å². The van der Waals surface area contributed by atoms with E-state index in [-0.39, 0.29) is 10.9 Å². The predicted octanol–water partition coefficient (Wildman–Crippen LogP) is 4.25. The summed E-state index contributed by atoms with van der Waals surface area (Å²) in [5, 5.41) is 10.2. The highest BCUT2D eigenvalue weighted by molar-refractivity contribution is 7.89. The molecule has 8 heteroatoms. The number of carbonyl (C=O) groups excluding carboxylic acids is 1. The third-order valence-electron chi connectivity index (χ3n) is 5.77. The van der Waals surface area contributed by atoms with Crippen molar-refractivity contribution in [2.24, 2.45) is 5.14 Å². The van der Waals surface area contributed by atoms with Crippen molar-refractivity contribution in [2.45, 2.75) is 56.9 Å². The zero-order chi connectivity index (χ0) is 23.6. The second-order valence-corrected chi connectivity index (χ2v) is 9.87. The summed E-state index contributed by atoms with van der Waals surface area (Å²) in [7, 11) is -3.83. The first-order chi connectivity index (χ1) is 15.8. The molecule has 1 heterocycles. The first kappa shape index (κ1) is 23.2. The molecule has 0 saturated heterocycles. The molecule has 1 fully saturated rings.